The molecule has 3 heteroatoms. The number of hydrogen-bond donors (Lipinski definition) is 2. The highest BCUT2D eigenvalue weighted by Crippen LogP contribution is 2.09. The Balaban J connectivity index is 2.33. The minimum atomic E-state index is -0.534. The highest BCUT2D eigenvalue weighted by atomic mass is 16.3. The van der Waals surface area contributed by atoms with Crippen LogP contribution in [0.1, 0.15) is 13.3 Å². The van der Waals surface area contributed by atoms with E-state index >= 15 is 0 Å². The normalized spacial score (nSPS) is 36.3. The Hall–Kier alpha value is -0.120. The molecule has 1 aliphatic heterocycles. The molecule has 0 aromatic heterocycles. The summed E-state index contributed by atoms with van der Waals surface area (Å²) in [7, 11) is 0. The van der Waals surface area contributed by atoms with Crippen molar-refractivity contribution in [2.45, 2.75) is 25.6 Å². The maximum atomic E-state index is 9.19. The summed E-state index contributed by atoms with van der Waals surface area (Å²) in [6.45, 7) is 4.56. The topological polar surface area (TPSA) is 43.7 Å². The van der Waals surface area contributed by atoms with E-state index in [1.54, 1.807) is 0 Å². The van der Waals surface area contributed by atoms with E-state index in [4.69, 9.17) is 5.11 Å². The minimum Gasteiger partial charge on any atom is -0.390 e. The van der Waals surface area contributed by atoms with E-state index < -0.39 is 12.2 Å². The molecule has 2 N–H and O–H groups in total. The molecular weight excluding hydrogens is 130 g/mol. The van der Waals surface area contributed by atoms with Crippen molar-refractivity contribution in [1.82, 2.24) is 4.90 Å². The smallest absolute Gasteiger partial charge is 0.0926 e. The number of hydrogen-bond acceptors (Lipinski definition) is 3. The van der Waals surface area contributed by atoms with Crippen molar-refractivity contribution in [2.75, 3.05) is 19.6 Å². The first-order valence-electron chi connectivity index (χ1n) is 3.82. The van der Waals surface area contributed by atoms with E-state index in [0.29, 0.717) is 13.0 Å². The molecule has 0 radical (unpaired) electrons. The highest BCUT2D eigenvalue weighted by molar-refractivity contribution is 4.78. The van der Waals surface area contributed by atoms with Crippen molar-refractivity contribution in [2.24, 2.45) is 0 Å². The molecular formula is C7H15NO2. The van der Waals surface area contributed by atoms with Gasteiger partial charge < -0.3 is 15.1 Å². The lowest BCUT2D eigenvalue weighted by Crippen LogP contribution is -2.46. The van der Waals surface area contributed by atoms with Crippen molar-refractivity contribution < 1.29 is 10.2 Å². The van der Waals surface area contributed by atoms with Crippen LogP contribution in [-0.2, 0) is 0 Å². The monoisotopic (exact) mass is 145 g/mol. The number of likely N-dealkylation sites (N-methyl/N-ethyl adjacent to an activating group) is 1. The van der Waals surface area contributed by atoms with Gasteiger partial charge in [0.2, 0.25) is 0 Å². The molecule has 2 atom stereocenters. The van der Waals surface area contributed by atoms with Gasteiger partial charge in [-0.2, -0.15) is 0 Å². The summed E-state index contributed by atoms with van der Waals surface area (Å²) in [5.41, 5.74) is 0. The van der Waals surface area contributed by atoms with Crippen LogP contribution in [0.3, 0.4) is 0 Å². The number of β-amino-alcohol motifs (C(OH)–C–C–N with tert-alkyl or cyclic N) is 1. The maximum absolute atomic E-state index is 9.19. The van der Waals surface area contributed by atoms with Gasteiger partial charge in [-0.15, -0.1) is 0 Å². The van der Waals surface area contributed by atoms with Crippen molar-refractivity contribution in [3.63, 3.8) is 0 Å². The summed E-state index contributed by atoms with van der Waals surface area (Å²) < 4.78 is 0. The number of piperidine rings is 1. The van der Waals surface area contributed by atoms with E-state index in [2.05, 4.69) is 11.8 Å². The average Bonchev–Trinajstić information content (AvgIpc) is 1.95. The summed E-state index contributed by atoms with van der Waals surface area (Å²) in [6.07, 6.45) is -0.328. The number of rotatable bonds is 1. The van der Waals surface area contributed by atoms with Crippen molar-refractivity contribution in [1.29, 1.82) is 0 Å². The predicted octanol–water partition coefficient (Wildman–Crippen LogP) is -0.566. The molecule has 60 valence electrons. The molecule has 1 rings (SSSR count). The van der Waals surface area contributed by atoms with E-state index in [1.807, 2.05) is 0 Å². The zero-order chi connectivity index (χ0) is 7.56. The van der Waals surface area contributed by atoms with Crippen molar-refractivity contribution in [3.05, 3.63) is 0 Å². The fourth-order valence-corrected chi connectivity index (χ4v) is 1.27. The Kier molecular flexibility index (Phi) is 2.65. The van der Waals surface area contributed by atoms with E-state index in [1.165, 1.54) is 0 Å². The van der Waals surface area contributed by atoms with Crippen LogP contribution in [0.2, 0.25) is 0 Å². The third-order valence-electron chi connectivity index (χ3n) is 2.08. The third kappa shape index (κ3) is 1.68. The zero-order valence-electron chi connectivity index (χ0n) is 6.32. The third-order valence-corrected chi connectivity index (χ3v) is 2.08. The Labute approximate surface area is 61.3 Å². The quantitative estimate of drug-likeness (QED) is 0.519. The summed E-state index contributed by atoms with van der Waals surface area (Å²) in [6, 6.07) is 0. The molecule has 0 aliphatic carbocycles. The summed E-state index contributed by atoms with van der Waals surface area (Å²) in [4.78, 5) is 2.14. The first kappa shape index (κ1) is 7.98. The van der Waals surface area contributed by atoms with Gasteiger partial charge in [0, 0.05) is 13.1 Å². The van der Waals surface area contributed by atoms with Crippen LogP contribution in [-0.4, -0.2) is 47.0 Å². The van der Waals surface area contributed by atoms with Crippen LogP contribution in [0, 0.1) is 0 Å². The van der Waals surface area contributed by atoms with Crippen LogP contribution in [0.4, 0.5) is 0 Å². The first-order valence-corrected chi connectivity index (χ1v) is 3.82. The van der Waals surface area contributed by atoms with Gasteiger partial charge in [-0.1, -0.05) is 6.92 Å². The molecule has 3 nitrogen and oxygen atoms in total. The van der Waals surface area contributed by atoms with Gasteiger partial charge in [-0.3, -0.25) is 0 Å². The van der Waals surface area contributed by atoms with Gasteiger partial charge in [-0.25, -0.2) is 0 Å². The van der Waals surface area contributed by atoms with Gasteiger partial charge in [0.25, 0.3) is 0 Å². The molecule has 1 saturated heterocycles. The molecule has 1 fully saturated rings. The van der Waals surface area contributed by atoms with Gasteiger partial charge in [0.1, 0.15) is 0 Å². The molecule has 1 aliphatic rings. The molecule has 0 amide bonds. The second kappa shape index (κ2) is 3.32. The molecule has 0 saturated carbocycles. The second-order valence-corrected chi connectivity index (χ2v) is 2.82. The molecule has 0 spiro atoms. The highest BCUT2D eigenvalue weighted by Gasteiger charge is 2.24. The van der Waals surface area contributed by atoms with Crippen LogP contribution in [0.5, 0.6) is 0 Å². The van der Waals surface area contributed by atoms with Crippen LogP contribution in [0.25, 0.3) is 0 Å². The van der Waals surface area contributed by atoms with Crippen LogP contribution in [0.15, 0.2) is 0 Å². The lowest BCUT2D eigenvalue weighted by atomic mass is 10.1. The van der Waals surface area contributed by atoms with E-state index in [-0.39, 0.29) is 0 Å². The Morgan fingerprint density at radius 3 is 2.60 bits per heavy atom. The molecule has 0 unspecified atom stereocenters. The fraction of sp³-hybridized carbons (Fsp3) is 1.00. The minimum absolute atomic E-state index is 0.497. The maximum Gasteiger partial charge on any atom is 0.0926 e. The average molecular weight is 145 g/mol. The SMILES string of the molecule is CCN1CC[C@@H](O)[C@@H](O)C1. The number of nitrogens with zero attached hydrogens (tertiary/aromatic N) is 1. The lowest BCUT2D eigenvalue weighted by Gasteiger charge is -2.32. The standard InChI is InChI=1S/C7H15NO2/c1-2-8-4-3-6(9)7(10)5-8/h6-7,9-10H,2-5H2,1H3/t6-,7+/m1/s1. The number of aliphatic hydroxyl groups excluding tert-OH is 2. The first-order chi connectivity index (χ1) is 4.74. The van der Waals surface area contributed by atoms with Crippen LogP contribution < -0.4 is 0 Å². The van der Waals surface area contributed by atoms with E-state index in [9.17, 15) is 5.11 Å². The molecule has 0 aromatic rings. The lowest BCUT2D eigenvalue weighted by molar-refractivity contribution is -0.0369. The van der Waals surface area contributed by atoms with E-state index in [0.717, 1.165) is 13.1 Å². The summed E-state index contributed by atoms with van der Waals surface area (Å²) in [5.74, 6) is 0. The summed E-state index contributed by atoms with van der Waals surface area (Å²) in [5, 5.41) is 18.3. The van der Waals surface area contributed by atoms with Crippen LogP contribution >= 0.6 is 0 Å². The molecule has 0 aromatic carbocycles. The number of aliphatic hydroxyl groups is 2. The van der Waals surface area contributed by atoms with Gasteiger partial charge in [0.15, 0.2) is 0 Å². The zero-order valence-corrected chi connectivity index (χ0v) is 6.32. The Morgan fingerprint density at radius 1 is 1.40 bits per heavy atom. The Bertz CT molecular complexity index is 108. The molecule has 10 heavy (non-hydrogen) atoms. The Morgan fingerprint density at radius 2 is 2.10 bits per heavy atom. The largest absolute Gasteiger partial charge is 0.390 e. The fourth-order valence-electron chi connectivity index (χ4n) is 1.27. The molecule has 1 heterocycles. The summed E-state index contributed by atoms with van der Waals surface area (Å²) >= 11 is 0. The van der Waals surface area contributed by atoms with Gasteiger partial charge in [-0.05, 0) is 13.0 Å². The second-order valence-electron chi connectivity index (χ2n) is 2.82. The van der Waals surface area contributed by atoms with Crippen molar-refractivity contribution in [3.8, 4) is 0 Å². The van der Waals surface area contributed by atoms with Crippen molar-refractivity contribution >= 4 is 0 Å². The van der Waals surface area contributed by atoms with Gasteiger partial charge >= 0.3 is 0 Å². The predicted molar refractivity (Wildman–Crippen MR) is 38.7 cm³/mol. The van der Waals surface area contributed by atoms with Gasteiger partial charge in [0.05, 0.1) is 12.2 Å². The number of likely N-dealkylation sites (tertiary alicyclic amines) is 1. The molecule has 0 bridgehead atoms.